The molecule has 1 heterocycles. The average molecular weight is 193 g/mol. The van der Waals surface area contributed by atoms with E-state index < -0.39 is 18.3 Å². The molecule has 0 aromatic carbocycles. The number of rotatable bonds is 1. The molecule has 0 saturated carbocycles. The van der Waals surface area contributed by atoms with Crippen molar-refractivity contribution in [2.45, 2.75) is 12.6 Å². The van der Waals surface area contributed by atoms with Gasteiger partial charge >= 0.3 is 11.9 Å². The number of nitrogens with one attached hydrogen (secondary N) is 1. The molecule has 3 N–H and O–H groups in total. The zero-order chi connectivity index (χ0) is 10.1. The Morgan fingerprint density at radius 1 is 1.54 bits per heavy atom. The number of hydrogen-bond donors (Lipinski definition) is 2. The summed E-state index contributed by atoms with van der Waals surface area (Å²) in [7, 11) is 0. The summed E-state index contributed by atoms with van der Waals surface area (Å²) in [6.07, 6.45) is -4.72. The first-order chi connectivity index (χ1) is 5.88. The lowest BCUT2D eigenvalue weighted by Gasteiger charge is -2.06. The van der Waals surface area contributed by atoms with Crippen LogP contribution in [0.15, 0.2) is 11.0 Å². The van der Waals surface area contributed by atoms with E-state index in [2.05, 4.69) is 4.98 Å². The molecule has 0 radical (unpaired) electrons. The van der Waals surface area contributed by atoms with E-state index in [1.54, 1.807) is 0 Å². The van der Waals surface area contributed by atoms with Crippen molar-refractivity contribution in [3.63, 3.8) is 0 Å². The fourth-order valence-electron chi connectivity index (χ4n) is 0.791. The van der Waals surface area contributed by atoms with E-state index in [0.29, 0.717) is 0 Å². The molecule has 0 atom stereocenters. The molecule has 0 unspecified atom stereocenters. The Morgan fingerprint density at radius 3 is 2.62 bits per heavy atom. The van der Waals surface area contributed by atoms with Gasteiger partial charge in [-0.3, -0.25) is 4.98 Å². The number of nitrogens with zero attached hydrogens (tertiary/aromatic N) is 1. The van der Waals surface area contributed by atoms with Crippen molar-refractivity contribution in [2.75, 3.05) is 5.73 Å². The minimum atomic E-state index is -4.35. The van der Waals surface area contributed by atoms with Crippen molar-refractivity contribution in [1.29, 1.82) is 0 Å². The predicted octanol–water partition coefficient (Wildman–Crippen LogP) is 0.457. The van der Waals surface area contributed by atoms with E-state index in [-0.39, 0.29) is 11.4 Å². The third-order valence-electron chi connectivity index (χ3n) is 1.32. The maximum absolute atomic E-state index is 11.8. The Kier molecular flexibility index (Phi) is 2.26. The summed E-state index contributed by atoms with van der Waals surface area (Å²) in [6.45, 7) is 0. The van der Waals surface area contributed by atoms with Gasteiger partial charge in [0.2, 0.25) is 0 Å². The zero-order valence-corrected chi connectivity index (χ0v) is 6.35. The number of nitrogens with two attached hydrogens (primary N) is 1. The topological polar surface area (TPSA) is 71.8 Å². The van der Waals surface area contributed by atoms with Crippen molar-refractivity contribution < 1.29 is 13.2 Å². The summed E-state index contributed by atoms with van der Waals surface area (Å²) in [5.74, 6) is -0.294. The second kappa shape index (κ2) is 3.08. The molecule has 0 aliphatic carbocycles. The van der Waals surface area contributed by atoms with Crippen LogP contribution < -0.4 is 11.4 Å². The fourth-order valence-corrected chi connectivity index (χ4v) is 0.791. The fraction of sp³-hybridized carbons (Fsp3) is 0.333. The Balaban J connectivity index is 2.97. The zero-order valence-electron chi connectivity index (χ0n) is 6.35. The SMILES string of the molecule is Nc1[nH]c(=O)ncc1CC(F)(F)F. The summed E-state index contributed by atoms with van der Waals surface area (Å²) >= 11 is 0. The second-order valence-electron chi connectivity index (χ2n) is 2.42. The highest BCUT2D eigenvalue weighted by Gasteiger charge is 2.28. The number of aromatic nitrogens is 2. The highest BCUT2D eigenvalue weighted by molar-refractivity contribution is 5.36. The van der Waals surface area contributed by atoms with Gasteiger partial charge in [0, 0.05) is 11.8 Å². The molecule has 4 nitrogen and oxygen atoms in total. The van der Waals surface area contributed by atoms with Crippen LogP contribution in [0.1, 0.15) is 5.56 Å². The predicted molar refractivity (Wildman–Crippen MR) is 39.0 cm³/mol. The van der Waals surface area contributed by atoms with Crippen molar-refractivity contribution in [3.8, 4) is 0 Å². The molecule has 0 aliphatic heterocycles. The molecule has 1 aromatic heterocycles. The van der Waals surface area contributed by atoms with Crippen LogP contribution >= 0.6 is 0 Å². The number of hydrogen-bond acceptors (Lipinski definition) is 3. The van der Waals surface area contributed by atoms with Crippen molar-refractivity contribution >= 4 is 5.82 Å². The molecule has 1 aromatic rings. The van der Waals surface area contributed by atoms with E-state index in [1.807, 2.05) is 4.98 Å². The number of alkyl halides is 3. The van der Waals surface area contributed by atoms with Gasteiger partial charge in [-0.05, 0) is 0 Å². The molecule has 0 spiro atoms. The Bertz CT molecular complexity index is 357. The van der Waals surface area contributed by atoms with E-state index >= 15 is 0 Å². The summed E-state index contributed by atoms with van der Waals surface area (Å²) < 4.78 is 35.5. The van der Waals surface area contributed by atoms with Gasteiger partial charge in [-0.1, -0.05) is 0 Å². The lowest BCUT2D eigenvalue weighted by molar-refractivity contribution is -0.127. The Morgan fingerprint density at radius 2 is 2.15 bits per heavy atom. The molecule has 0 aliphatic rings. The second-order valence-corrected chi connectivity index (χ2v) is 2.42. The minimum absolute atomic E-state index is 0.230. The van der Waals surface area contributed by atoms with E-state index in [9.17, 15) is 18.0 Å². The highest BCUT2D eigenvalue weighted by atomic mass is 19.4. The molecule has 0 bridgehead atoms. The maximum atomic E-state index is 11.8. The number of anilines is 1. The molecule has 7 heteroatoms. The Hall–Kier alpha value is -1.53. The molecule has 0 fully saturated rings. The number of halogens is 3. The van der Waals surface area contributed by atoms with E-state index in [4.69, 9.17) is 5.73 Å². The summed E-state index contributed by atoms with van der Waals surface area (Å²) in [4.78, 5) is 15.6. The largest absolute Gasteiger partial charge is 0.393 e. The van der Waals surface area contributed by atoms with Crippen LogP contribution in [-0.4, -0.2) is 16.1 Å². The van der Waals surface area contributed by atoms with Gasteiger partial charge in [0.25, 0.3) is 0 Å². The molecule has 0 amide bonds. The van der Waals surface area contributed by atoms with Crippen LogP contribution in [-0.2, 0) is 6.42 Å². The third-order valence-corrected chi connectivity index (χ3v) is 1.32. The minimum Gasteiger partial charge on any atom is -0.385 e. The van der Waals surface area contributed by atoms with Gasteiger partial charge in [-0.2, -0.15) is 13.2 Å². The molecule has 0 saturated heterocycles. The van der Waals surface area contributed by atoms with Gasteiger partial charge < -0.3 is 5.73 Å². The van der Waals surface area contributed by atoms with Gasteiger partial charge in [-0.25, -0.2) is 9.78 Å². The molecular formula is C6H6F3N3O. The highest BCUT2D eigenvalue weighted by Crippen LogP contribution is 2.22. The smallest absolute Gasteiger partial charge is 0.385 e. The first-order valence-corrected chi connectivity index (χ1v) is 3.29. The molecule has 13 heavy (non-hydrogen) atoms. The first-order valence-electron chi connectivity index (χ1n) is 3.29. The molecule has 72 valence electrons. The average Bonchev–Trinajstić information content (AvgIpc) is 1.93. The molecule has 1 rings (SSSR count). The van der Waals surface area contributed by atoms with Crippen LogP contribution in [0.25, 0.3) is 0 Å². The van der Waals surface area contributed by atoms with Gasteiger partial charge in [0.05, 0.1) is 6.42 Å². The normalized spacial score (nSPS) is 11.6. The summed E-state index contributed by atoms with van der Waals surface area (Å²) in [5, 5.41) is 0. The maximum Gasteiger partial charge on any atom is 0.393 e. The standard InChI is InChI=1S/C6H6F3N3O/c7-6(8,9)1-3-2-11-5(13)12-4(3)10/h2H,1H2,(H3,10,11,12,13). The third kappa shape index (κ3) is 2.77. The lowest BCUT2D eigenvalue weighted by Crippen LogP contribution is -2.18. The van der Waals surface area contributed by atoms with Gasteiger partial charge in [0.15, 0.2) is 0 Å². The van der Waals surface area contributed by atoms with Crippen molar-refractivity contribution in [3.05, 3.63) is 22.2 Å². The summed E-state index contributed by atoms with van der Waals surface area (Å²) in [5.41, 5.74) is 4.14. The van der Waals surface area contributed by atoms with Crippen LogP contribution in [0.5, 0.6) is 0 Å². The van der Waals surface area contributed by atoms with Crippen LogP contribution in [0, 0.1) is 0 Å². The van der Waals surface area contributed by atoms with Crippen molar-refractivity contribution in [1.82, 2.24) is 9.97 Å². The van der Waals surface area contributed by atoms with Gasteiger partial charge in [-0.15, -0.1) is 0 Å². The number of H-pyrrole nitrogens is 1. The quantitative estimate of drug-likeness (QED) is 0.680. The first kappa shape index (κ1) is 9.56. The van der Waals surface area contributed by atoms with E-state index in [1.165, 1.54) is 0 Å². The van der Waals surface area contributed by atoms with Crippen LogP contribution in [0.4, 0.5) is 19.0 Å². The summed E-state index contributed by atoms with van der Waals surface area (Å²) in [6, 6.07) is 0. The monoisotopic (exact) mass is 193 g/mol. The number of nitrogen functional groups attached to an aromatic ring is 1. The van der Waals surface area contributed by atoms with Crippen LogP contribution in [0.2, 0.25) is 0 Å². The van der Waals surface area contributed by atoms with E-state index in [0.717, 1.165) is 6.20 Å². The van der Waals surface area contributed by atoms with Gasteiger partial charge in [0.1, 0.15) is 5.82 Å². The Labute approximate surface area is 70.6 Å². The van der Waals surface area contributed by atoms with Crippen LogP contribution in [0.3, 0.4) is 0 Å². The molecular weight excluding hydrogens is 187 g/mol. The lowest BCUT2D eigenvalue weighted by atomic mass is 10.2. The van der Waals surface area contributed by atoms with Crippen molar-refractivity contribution in [2.24, 2.45) is 0 Å². The number of aromatic amines is 1.